The Morgan fingerprint density at radius 3 is 0.877 bits per heavy atom. The topological polar surface area (TPSA) is 95.9 Å². The van der Waals surface area contributed by atoms with Gasteiger partial charge in [-0.05, 0) is 83.5 Å². The first-order valence-electron chi connectivity index (χ1n) is 36.8. The van der Waals surface area contributed by atoms with Crippen LogP contribution in [0.4, 0.5) is 0 Å². The number of carbonyl (C=O) groups excluding carboxylic acids is 2. The smallest absolute Gasteiger partial charge is 0.305 e. The Balaban J connectivity index is 3.42. The third-order valence-electron chi connectivity index (χ3n) is 17.1. The predicted molar refractivity (Wildman–Crippen MR) is 356 cm³/mol. The van der Waals surface area contributed by atoms with Gasteiger partial charge in [0, 0.05) is 12.8 Å². The van der Waals surface area contributed by atoms with Gasteiger partial charge in [-0.1, -0.05) is 346 Å². The second-order valence-electron chi connectivity index (χ2n) is 25.3. The highest BCUT2D eigenvalue weighted by atomic mass is 16.5. The normalized spacial score (nSPS) is 12.7. The molecule has 0 aromatic carbocycles. The molecule has 0 aromatic heterocycles. The number of rotatable bonds is 69. The number of aliphatic hydroxyl groups excluding tert-OH is 2. The third kappa shape index (κ3) is 67.1. The Labute approximate surface area is 506 Å². The number of aliphatic hydroxyl groups is 2. The SMILES string of the molecule is CCCCCCCC/C=C\CCCCCCCC(=O)OCCCCCCCCCCCCCC/C=C\CCCCCCCCCCCC(=O)NC(CO)C(O)/C=C/CCCCCCCCCCCCCCCCCCCCCCCC. The summed E-state index contributed by atoms with van der Waals surface area (Å²) in [7, 11) is 0. The number of hydrogen-bond donors (Lipinski definition) is 3. The van der Waals surface area contributed by atoms with Crippen LogP contribution in [0.1, 0.15) is 406 Å². The first-order valence-corrected chi connectivity index (χ1v) is 36.8. The number of amides is 1. The van der Waals surface area contributed by atoms with Gasteiger partial charge >= 0.3 is 5.97 Å². The van der Waals surface area contributed by atoms with Gasteiger partial charge in [0.15, 0.2) is 0 Å². The molecule has 0 aliphatic rings. The molecule has 478 valence electrons. The standard InChI is InChI=1S/C75H143NO5/c1-3-5-7-9-11-13-15-17-19-20-21-22-23-27-30-33-36-40-43-47-51-55-59-63-67-73(78)72(71-77)76-74(79)68-64-60-56-52-48-44-41-37-34-31-28-25-24-26-29-32-35-38-42-46-50-54-58-62-66-70-81-75(80)69-65-61-57-53-49-45-39-18-16-14-12-10-8-6-4-2/h18,25,28,39,63,67,72-73,77-78H,3-17,19-24,26-27,29-38,40-62,64-66,68-71H2,1-2H3,(H,76,79)/b28-25-,39-18-,67-63+. The number of nitrogens with one attached hydrogen (secondary N) is 1. The minimum Gasteiger partial charge on any atom is -0.466 e. The molecule has 3 N–H and O–H groups in total. The summed E-state index contributed by atoms with van der Waals surface area (Å²) in [6.45, 7) is 4.93. The Bertz CT molecular complexity index is 1310. The van der Waals surface area contributed by atoms with E-state index in [1.807, 2.05) is 6.08 Å². The van der Waals surface area contributed by atoms with Crippen molar-refractivity contribution in [2.75, 3.05) is 13.2 Å². The highest BCUT2D eigenvalue weighted by Crippen LogP contribution is 2.19. The molecule has 0 rings (SSSR count). The van der Waals surface area contributed by atoms with Gasteiger partial charge < -0.3 is 20.3 Å². The fourth-order valence-corrected chi connectivity index (χ4v) is 11.5. The van der Waals surface area contributed by atoms with Crippen molar-refractivity contribution in [1.82, 2.24) is 5.32 Å². The van der Waals surface area contributed by atoms with Crippen LogP contribution < -0.4 is 5.32 Å². The third-order valence-corrected chi connectivity index (χ3v) is 17.1. The van der Waals surface area contributed by atoms with E-state index in [-0.39, 0.29) is 18.5 Å². The van der Waals surface area contributed by atoms with E-state index in [9.17, 15) is 19.8 Å². The van der Waals surface area contributed by atoms with E-state index in [4.69, 9.17) is 4.74 Å². The molecular weight excluding hydrogens is 995 g/mol. The summed E-state index contributed by atoms with van der Waals surface area (Å²) in [4.78, 5) is 24.6. The molecule has 0 heterocycles. The fraction of sp³-hybridized carbons (Fsp3) is 0.893. The molecule has 0 aliphatic heterocycles. The van der Waals surface area contributed by atoms with Gasteiger partial charge in [0.2, 0.25) is 5.91 Å². The number of allylic oxidation sites excluding steroid dienone is 5. The van der Waals surface area contributed by atoms with Crippen molar-refractivity contribution in [1.29, 1.82) is 0 Å². The van der Waals surface area contributed by atoms with Gasteiger partial charge in [-0.25, -0.2) is 0 Å². The second kappa shape index (κ2) is 70.6. The van der Waals surface area contributed by atoms with Gasteiger partial charge in [-0.3, -0.25) is 9.59 Å². The molecular formula is C75H143NO5. The quantitative estimate of drug-likeness (QED) is 0.0320. The number of carbonyl (C=O) groups is 2. The van der Waals surface area contributed by atoms with Crippen molar-refractivity contribution in [3.63, 3.8) is 0 Å². The first-order chi connectivity index (χ1) is 40.0. The van der Waals surface area contributed by atoms with Crippen LogP contribution in [0.2, 0.25) is 0 Å². The number of hydrogen-bond acceptors (Lipinski definition) is 5. The van der Waals surface area contributed by atoms with E-state index in [1.54, 1.807) is 6.08 Å². The maximum absolute atomic E-state index is 12.5. The average molecular weight is 1140 g/mol. The van der Waals surface area contributed by atoms with Crippen LogP contribution in [-0.2, 0) is 14.3 Å². The van der Waals surface area contributed by atoms with Crippen molar-refractivity contribution in [3.05, 3.63) is 36.5 Å². The van der Waals surface area contributed by atoms with Gasteiger partial charge in [-0.2, -0.15) is 0 Å². The van der Waals surface area contributed by atoms with E-state index in [0.29, 0.717) is 19.4 Å². The maximum atomic E-state index is 12.5. The van der Waals surface area contributed by atoms with E-state index in [1.165, 1.54) is 334 Å². The molecule has 0 fully saturated rings. The Morgan fingerprint density at radius 1 is 0.333 bits per heavy atom. The zero-order valence-electron chi connectivity index (χ0n) is 54.8. The Kier molecular flexibility index (Phi) is 68.9. The number of esters is 1. The summed E-state index contributed by atoms with van der Waals surface area (Å²) in [5.74, 6) is -0.0612. The summed E-state index contributed by atoms with van der Waals surface area (Å²) < 4.78 is 5.49. The Hall–Kier alpha value is -1.92. The minimum atomic E-state index is -0.848. The van der Waals surface area contributed by atoms with Gasteiger partial charge in [-0.15, -0.1) is 0 Å². The van der Waals surface area contributed by atoms with Crippen molar-refractivity contribution >= 4 is 11.9 Å². The van der Waals surface area contributed by atoms with Crippen molar-refractivity contribution < 1.29 is 24.5 Å². The molecule has 6 heteroatoms. The van der Waals surface area contributed by atoms with E-state index < -0.39 is 12.1 Å². The van der Waals surface area contributed by atoms with Crippen molar-refractivity contribution in [2.24, 2.45) is 0 Å². The van der Waals surface area contributed by atoms with Crippen LogP contribution in [-0.4, -0.2) is 47.4 Å². The molecule has 0 radical (unpaired) electrons. The van der Waals surface area contributed by atoms with E-state index in [0.717, 1.165) is 44.9 Å². The lowest BCUT2D eigenvalue weighted by Crippen LogP contribution is -2.45. The van der Waals surface area contributed by atoms with Crippen LogP contribution in [0.5, 0.6) is 0 Å². The van der Waals surface area contributed by atoms with Crippen molar-refractivity contribution in [3.8, 4) is 0 Å². The van der Waals surface area contributed by atoms with Crippen molar-refractivity contribution in [2.45, 2.75) is 418 Å². The molecule has 1 amide bonds. The van der Waals surface area contributed by atoms with Gasteiger partial charge in [0.05, 0.1) is 25.4 Å². The lowest BCUT2D eigenvalue weighted by atomic mass is 10.0. The summed E-state index contributed by atoms with van der Waals surface area (Å²) in [5.41, 5.74) is 0. The minimum absolute atomic E-state index is 0.00573. The second-order valence-corrected chi connectivity index (χ2v) is 25.3. The van der Waals surface area contributed by atoms with Crippen LogP contribution in [0.25, 0.3) is 0 Å². The van der Waals surface area contributed by atoms with Gasteiger partial charge in [0.1, 0.15) is 0 Å². The summed E-state index contributed by atoms with van der Waals surface area (Å²) >= 11 is 0. The predicted octanol–water partition coefficient (Wildman–Crippen LogP) is 23.9. The zero-order chi connectivity index (χ0) is 58.5. The lowest BCUT2D eigenvalue weighted by molar-refractivity contribution is -0.143. The first kappa shape index (κ1) is 79.1. The zero-order valence-corrected chi connectivity index (χ0v) is 54.8. The summed E-state index contributed by atoms with van der Waals surface area (Å²) in [6, 6.07) is -0.632. The maximum Gasteiger partial charge on any atom is 0.305 e. The van der Waals surface area contributed by atoms with E-state index >= 15 is 0 Å². The molecule has 0 aliphatic carbocycles. The summed E-state index contributed by atoms with van der Waals surface area (Å²) in [6.07, 6.45) is 90.9. The summed E-state index contributed by atoms with van der Waals surface area (Å²) in [5, 5.41) is 23.3. The average Bonchev–Trinajstić information content (AvgIpc) is 3.47. The highest BCUT2D eigenvalue weighted by molar-refractivity contribution is 5.76. The highest BCUT2D eigenvalue weighted by Gasteiger charge is 2.18. The Morgan fingerprint density at radius 2 is 0.580 bits per heavy atom. The van der Waals surface area contributed by atoms with E-state index in [2.05, 4.69) is 43.5 Å². The molecule has 0 saturated heterocycles. The monoisotopic (exact) mass is 1140 g/mol. The largest absolute Gasteiger partial charge is 0.466 e. The molecule has 0 spiro atoms. The molecule has 0 saturated carbocycles. The molecule has 2 atom stereocenters. The van der Waals surface area contributed by atoms with Gasteiger partial charge in [0.25, 0.3) is 0 Å². The molecule has 81 heavy (non-hydrogen) atoms. The van der Waals surface area contributed by atoms with Crippen LogP contribution in [0, 0.1) is 0 Å². The van der Waals surface area contributed by atoms with Crippen LogP contribution >= 0.6 is 0 Å². The molecule has 6 nitrogen and oxygen atoms in total. The van der Waals surface area contributed by atoms with Crippen LogP contribution in [0.15, 0.2) is 36.5 Å². The molecule has 0 bridgehead atoms. The molecule has 0 aromatic rings. The molecule has 2 unspecified atom stereocenters. The number of ether oxygens (including phenoxy) is 1. The number of unbranched alkanes of at least 4 members (excludes halogenated alkanes) is 54. The van der Waals surface area contributed by atoms with Crippen LogP contribution in [0.3, 0.4) is 0 Å². The lowest BCUT2D eigenvalue weighted by Gasteiger charge is -2.20. The fourth-order valence-electron chi connectivity index (χ4n) is 11.5.